The third-order valence-corrected chi connectivity index (χ3v) is 2.95. The second kappa shape index (κ2) is 5.09. The maximum absolute atomic E-state index is 12.2. The van der Waals surface area contributed by atoms with E-state index in [1.165, 1.54) is 18.3 Å². The first-order valence-corrected chi connectivity index (χ1v) is 5.85. The molecule has 0 saturated heterocycles. The van der Waals surface area contributed by atoms with Gasteiger partial charge in [0.25, 0.3) is 5.91 Å². The van der Waals surface area contributed by atoms with Crippen LogP contribution < -0.4 is 5.56 Å². The van der Waals surface area contributed by atoms with Crippen LogP contribution in [0.15, 0.2) is 27.6 Å². The predicted octanol–water partition coefficient (Wildman–Crippen LogP) is 1.25. The first kappa shape index (κ1) is 13.1. The Kier molecular flexibility index (Phi) is 3.50. The Labute approximate surface area is 110 Å². The molecule has 0 unspecified atom stereocenters. The van der Waals surface area contributed by atoms with Crippen LogP contribution in [0.2, 0.25) is 0 Å². The van der Waals surface area contributed by atoms with Gasteiger partial charge in [-0.15, -0.1) is 0 Å². The van der Waals surface area contributed by atoms with Gasteiger partial charge >= 0.3 is 0 Å². The Balaban J connectivity index is 2.16. The van der Waals surface area contributed by atoms with E-state index in [0.717, 1.165) is 11.3 Å². The van der Waals surface area contributed by atoms with Crippen LogP contribution in [-0.4, -0.2) is 28.0 Å². The minimum atomic E-state index is -0.232. The lowest BCUT2D eigenvalue weighted by Crippen LogP contribution is -2.27. The van der Waals surface area contributed by atoms with Crippen LogP contribution in [0.3, 0.4) is 0 Å². The average molecular weight is 261 g/mol. The van der Waals surface area contributed by atoms with Crippen molar-refractivity contribution < 1.29 is 9.32 Å². The Morgan fingerprint density at radius 3 is 2.68 bits per heavy atom. The van der Waals surface area contributed by atoms with Crippen molar-refractivity contribution in [2.45, 2.75) is 20.4 Å². The zero-order valence-electron chi connectivity index (χ0n) is 11.1. The summed E-state index contributed by atoms with van der Waals surface area (Å²) in [4.78, 5) is 27.2. The molecule has 19 heavy (non-hydrogen) atoms. The summed E-state index contributed by atoms with van der Waals surface area (Å²) in [6.45, 7) is 4.07. The van der Waals surface area contributed by atoms with E-state index in [0.29, 0.717) is 17.9 Å². The number of carbonyl (C=O) groups is 1. The van der Waals surface area contributed by atoms with Crippen LogP contribution in [0.5, 0.6) is 0 Å². The van der Waals surface area contributed by atoms with E-state index < -0.39 is 0 Å². The predicted molar refractivity (Wildman–Crippen MR) is 68.8 cm³/mol. The minimum Gasteiger partial charge on any atom is -0.361 e. The van der Waals surface area contributed by atoms with Crippen LogP contribution >= 0.6 is 0 Å². The number of nitrogens with zero attached hydrogens (tertiary/aromatic N) is 2. The van der Waals surface area contributed by atoms with Gasteiger partial charge in [-0.1, -0.05) is 5.16 Å². The van der Waals surface area contributed by atoms with Crippen LogP contribution in [0.4, 0.5) is 0 Å². The van der Waals surface area contributed by atoms with Gasteiger partial charge in [-0.2, -0.15) is 0 Å². The fourth-order valence-corrected chi connectivity index (χ4v) is 1.80. The standard InChI is InChI=1S/C13H15N3O3/c1-8-11(9(2)19-15-8)7-16(3)13(18)10-4-5-12(17)14-6-10/h4-6H,7H2,1-3H3,(H,14,17). The van der Waals surface area contributed by atoms with Crippen molar-refractivity contribution in [1.29, 1.82) is 0 Å². The number of nitrogens with one attached hydrogen (secondary N) is 1. The van der Waals surface area contributed by atoms with Gasteiger partial charge in [0, 0.05) is 24.9 Å². The van der Waals surface area contributed by atoms with Crippen molar-refractivity contribution in [3.63, 3.8) is 0 Å². The molecule has 0 aliphatic carbocycles. The maximum atomic E-state index is 12.2. The lowest BCUT2D eigenvalue weighted by molar-refractivity contribution is 0.0784. The average Bonchev–Trinajstić information content (AvgIpc) is 2.70. The number of H-pyrrole nitrogens is 1. The second-order valence-electron chi connectivity index (χ2n) is 4.41. The monoisotopic (exact) mass is 261 g/mol. The zero-order chi connectivity index (χ0) is 14.0. The van der Waals surface area contributed by atoms with E-state index in [1.807, 2.05) is 13.8 Å². The SMILES string of the molecule is Cc1noc(C)c1CN(C)C(=O)c1ccc(=O)[nH]c1. The zero-order valence-corrected chi connectivity index (χ0v) is 11.1. The third kappa shape index (κ3) is 2.73. The molecule has 0 radical (unpaired) electrons. The number of rotatable bonds is 3. The molecule has 2 aromatic rings. The Bertz CT molecular complexity index is 617. The molecule has 0 atom stereocenters. The summed E-state index contributed by atoms with van der Waals surface area (Å²) in [6.07, 6.45) is 1.41. The van der Waals surface area contributed by atoms with Gasteiger partial charge in [0.05, 0.1) is 17.8 Å². The number of carbonyl (C=O) groups excluding carboxylic acids is 1. The number of aryl methyl sites for hydroxylation is 2. The first-order chi connectivity index (χ1) is 8.99. The van der Waals surface area contributed by atoms with Crippen molar-refractivity contribution in [3.05, 3.63) is 51.3 Å². The van der Waals surface area contributed by atoms with E-state index in [-0.39, 0.29) is 11.5 Å². The Morgan fingerprint density at radius 1 is 1.42 bits per heavy atom. The molecule has 0 spiro atoms. The molecular weight excluding hydrogens is 246 g/mol. The fourth-order valence-electron chi connectivity index (χ4n) is 1.80. The van der Waals surface area contributed by atoms with Crippen LogP contribution in [0, 0.1) is 13.8 Å². The van der Waals surface area contributed by atoms with Crippen LogP contribution in [0.1, 0.15) is 27.4 Å². The molecule has 6 nitrogen and oxygen atoms in total. The van der Waals surface area contributed by atoms with Gasteiger partial charge in [-0.05, 0) is 19.9 Å². The molecule has 1 N–H and O–H groups in total. The minimum absolute atomic E-state index is 0.170. The number of hydrogen-bond acceptors (Lipinski definition) is 4. The van der Waals surface area contributed by atoms with Gasteiger partial charge in [0.1, 0.15) is 5.76 Å². The summed E-state index contributed by atoms with van der Waals surface area (Å²) in [5.41, 5.74) is 1.89. The van der Waals surface area contributed by atoms with Crippen LogP contribution in [-0.2, 0) is 6.54 Å². The number of aromatic amines is 1. The molecule has 100 valence electrons. The van der Waals surface area contributed by atoms with E-state index in [4.69, 9.17) is 4.52 Å². The van der Waals surface area contributed by atoms with E-state index in [2.05, 4.69) is 10.1 Å². The molecule has 0 fully saturated rings. The Hall–Kier alpha value is -2.37. The van der Waals surface area contributed by atoms with Gasteiger partial charge in [0.15, 0.2) is 0 Å². The summed E-state index contributed by atoms with van der Waals surface area (Å²) in [5, 5.41) is 3.85. The molecular formula is C13H15N3O3. The lowest BCUT2D eigenvalue weighted by atomic mass is 10.2. The largest absolute Gasteiger partial charge is 0.361 e. The molecule has 0 aliphatic rings. The van der Waals surface area contributed by atoms with E-state index in [1.54, 1.807) is 11.9 Å². The molecule has 0 aromatic carbocycles. The maximum Gasteiger partial charge on any atom is 0.255 e. The molecule has 0 saturated carbocycles. The van der Waals surface area contributed by atoms with E-state index >= 15 is 0 Å². The van der Waals surface area contributed by atoms with Gasteiger partial charge < -0.3 is 14.4 Å². The molecule has 6 heteroatoms. The van der Waals surface area contributed by atoms with Crippen molar-refractivity contribution in [2.75, 3.05) is 7.05 Å². The number of aromatic nitrogens is 2. The molecule has 1 amide bonds. The third-order valence-electron chi connectivity index (χ3n) is 2.95. The molecule has 2 rings (SSSR count). The molecule has 0 aliphatic heterocycles. The smallest absolute Gasteiger partial charge is 0.255 e. The van der Waals surface area contributed by atoms with Crippen molar-refractivity contribution in [3.8, 4) is 0 Å². The highest BCUT2D eigenvalue weighted by Crippen LogP contribution is 2.15. The fraction of sp³-hybridized carbons (Fsp3) is 0.308. The summed E-state index contributed by atoms with van der Waals surface area (Å²) >= 11 is 0. The summed E-state index contributed by atoms with van der Waals surface area (Å²) in [6, 6.07) is 2.84. The number of hydrogen-bond donors (Lipinski definition) is 1. The van der Waals surface area contributed by atoms with Gasteiger partial charge in [-0.25, -0.2) is 0 Å². The first-order valence-electron chi connectivity index (χ1n) is 5.85. The van der Waals surface area contributed by atoms with Crippen molar-refractivity contribution in [2.24, 2.45) is 0 Å². The van der Waals surface area contributed by atoms with Gasteiger partial charge in [0.2, 0.25) is 5.56 Å². The van der Waals surface area contributed by atoms with Crippen molar-refractivity contribution >= 4 is 5.91 Å². The Morgan fingerprint density at radius 2 is 2.16 bits per heavy atom. The lowest BCUT2D eigenvalue weighted by Gasteiger charge is -2.16. The summed E-state index contributed by atoms with van der Waals surface area (Å²) in [5.74, 6) is 0.537. The van der Waals surface area contributed by atoms with Gasteiger partial charge in [-0.3, -0.25) is 9.59 Å². The highest BCUT2D eigenvalue weighted by atomic mass is 16.5. The quantitative estimate of drug-likeness (QED) is 0.901. The summed E-state index contributed by atoms with van der Waals surface area (Å²) < 4.78 is 5.06. The highest BCUT2D eigenvalue weighted by molar-refractivity contribution is 5.93. The highest BCUT2D eigenvalue weighted by Gasteiger charge is 2.16. The molecule has 2 heterocycles. The molecule has 2 aromatic heterocycles. The number of pyridine rings is 1. The van der Waals surface area contributed by atoms with Crippen molar-refractivity contribution in [1.82, 2.24) is 15.0 Å². The van der Waals surface area contributed by atoms with E-state index in [9.17, 15) is 9.59 Å². The van der Waals surface area contributed by atoms with Crippen LogP contribution in [0.25, 0.3) is 0 Å². The second-order valence-corrected chi connectivity index (χ2v) is 4.41. The number of amides is 1. The topological polar surface area (TPSA) is 79.2 Å². The normalized spacial score (nSPS) is 10.5. The molecule has 0 bridgehead atoms. The summed E-state index contributed by atoms with van der Waals surface area (Å²) in [7, 11) is 1.69.